The van der Waals surface area contributed by atoms with Crippen molar-refractivity contribution in [2.75, 3.05) is 6.61 Å². The minimum atomic E-state index is 0.0578. The van der Waals surface area contributed by atoms with E-state index in [1.165, 1.54) is 11.1 Å². The molecule has 19 heavy (non-hydrogen) atoms. The Hall–Kier alpha value is -1.15. The fraction of sp³-hybridized carbons (Fsp3) is 0.588. The molecule has 1 aliphatic rings. The average molecular weight is 260 g/mol. The maximum Gasteiger partial charge on any atom is 0.168 e. The van der Waals surface area contributed by atoms with Gasteiger partial charge in [-0.05, 0) is 42.9 Å². The summed E-state index contributed by atoms with van der Waals surface area (Å²) in [5.41, 5.74) is 3.34. The van der Waals surface area contributed by atoms with Crippen molar-refractivity contribution >= 4 is 5.78 Å². The molecule has 0 radical (unpaired) electrons. The second kappa shape index (κ2) is 6.33. The average Bonchev–Trinajstić information content (AvgIpc) is 2.94. The molecule has 104 valence electrons. The first kappa shape index (κ1) is 14.3. The molecule has 1 saturated heterocycles. The molecule has 2 atom stereocenters. The Bertz CT molecular complexity index is 451. The molecule has 1 heterocycles. The summed E-state index contributed by atoms with van der Waals surface area (Å²) < 4.78 is 5.67. The van der Waals surface area contributed by atoms with Crippen LogP contribution in [-0.2, 0) is 17.6 Å². The molecular formula is C17H24O2. The summed E-state index contributed by atoms with van der Waals surface area (Å²) in [7, 11) is 0. The molecule has 0 N–H and O–H groups in total. The highest BCUT2D eigenvalue weighted by atomic mass is 16.5. The maximum atomic E-state index is 12.8. The number of ketones is 1. The molecule has 0 aliphatic carbocycles. The van der Waals surface area contributed by atoms with Gasteiger partial charge in [-0.3, -0.25) is 4.79 Å². The third-order valence-electron chi connectivity index (χ3n) is 4.18. The van der Waals surface area contributed by atoms with Crippen LogP contribution in [-0.4, -0.2) is 18.5 Å². The lowest BCUT2D eigenvalue weighted by atomic mass is 9.87. The number of carbonyl (C=O) groups is 1. The van der Waals surface area contributed by atoms with E-state index in [0.717, 1.165) is 37.9 Å². The van der Waals surface area contributed by atoms with E-state index in [2.05, 4.69) is 39.0 Å². The first-order valence-corrected chi connectivity index (χ1v) is 7.48. The summed E-state index contributed by atoms with van der Waals surface area (Å²) in [6.45, 7) is 7.06. The van der Waals surface area contributed by atoms with Gasteiger partial charge < -0.3 is 4.74 Å². The van der Waals surface area contributed by atoms with Gasteiger partial charge in [0.05, 0.1) is 12.0 Å². The largest absolute Gasteiger partial charge is 0.377 e. The minimum absolute atomic E-state index is 0.0578. The van der Waals surface area contributed by atoms with Crippen molar-refractivity contribution in [3.05, 3.63) is 34.9 Å². The molecule has 0 saturated carbocycles. The van der Waals surface area contributed by atoms with E-state index >= 15 is 0 Å². The van der Waals surface area contributed by atoms with Crippen LogP contribution in [0.1, 0.15) is 55.1 Å². The highest BCUT2D eigenvalue weighted by molar-refractivity contribution is 5.99. The highest BCUT2D eigenvalue weighted by Crippen LogP contribution is 2.28. The van der Waals surface area contributed by atoms with Gasteiger partial charge in [0.1, 0.15) is 0 Å². The monoisotopic (exact) mass is 260 g/mol. The number of benzene rings is 1. The number of hydrogen-bond donors (Lipinski definition) is 0. The molecule has 0 bridgehead atoms. The standard InChI is InChI=1S/C17H24O2/c1-4-12-7-8-13(5-2)15(11-12)17(18)14-9-10-19-16(14)6-3/h7-8,11,14,16H,4-6,9-10H2,1-3H3. The number of carbonyl (C=O) groups excluding carboxylic acids is 1. The Kier molecular flexibility index (Phi) is 4.76. The van der Waals surface area contributed by atoms with Gasteiger partial charge in [-0.1, -0.05) is 32.9 Å². The molecule has 1 aromatic carbocycles. The lowest BCUT2D eigenvalue weighted by Crippen LogP contribution is -2.24. The Labute approximate surface area is 116 Å². The molecule has 2 heteroatoms. The van der Waals surface area contributed by atoms with Crippen LogP contribution >= 0.6 is 0 Å². The van der Waals surface area contributed by atoms with E-state index in [9.17, 15) is 4.79 Å². The number of hydrogen-bond acceptors (Lipinski definition) is 2. The molecule has 0 aromatic heterocycles. The van der Waals surface area contributed by atoms with Crippen LogP contribution in [0.25, 0.3) is 0 Å². The normalized spacial score (nSPS) is 22.7. The second-order valence-electron chi connectivity index (χ2n) is 5.28. The summed E-state index contributed by atoms with van der Waals surface area (Å²) in [6, 6.07) is 6.34. The van der Waals surface area contributed by atoms with Crippen LogP contribution in [0.2, 0.25) is 0 Å². The molecule has 0 spiro atoms. The van der Waals surface area contributed by atoms with Crippen molar-refractivity contribution in [1.82, 2.24) is 0 Å². The van der Waals surface area contributed by atoms with E-state index in [1.54, 1.807) is 0 Å². The smallest absolute Gasteiger partial charge is 0.168 e. The molecule has 1 aliphatic heterocycles. The van der Waals surface area contributed by atoms with E-state index in [1.807, 2.05) is 0 Å². The predicted octanol–water partition coefficient (Wildman–Crippen LogP) is 3.81. The van der Waals surface area contributed by atoms with Gasteiger partial charge in [-0.25, -0.2) is 0 Å². The first-order valence-electron chi connectivity index (χ1n) is 7.48. The summed E-state index contributed by atoms with van der Waals surface area (Å²) in [5, 5.41) is 0. The third-order valence-corrected chi connectivity index (χ3v) is 4.18. The second-order valence-corrected chi connectivity index (χ2v) is 5.28. The van der Waals surface area contributed by atoms with E-state index < -0.39 is 0 Å². The zero-order valence-electron chi connectivity index (χ0n) is 12.2. The van der Waals surface area contributed by atoms with Crippen molar-refractivity contribution in [2.24, 2.45) is 5.92 Å². The predicted molar refractivity (Wildman–Crippen MR) is 77.7 cm³/mol. The number of aryl methyl sites for hydroxylation is 2. The van der Waals surface area contributed by atoms with Crippen LogP contribution in [0, 0.1) is 5.92 Å². The number of rotatable bonds is 5. The molecule has 2 rings (SSSR count). The fourth-order valence-corrected chi connectivity index (χ4v) is 2.93. The molecule has 2 unspecified atom stereocenters. The lowest BCUT2D eigenvalue weighted by Gasteiger charge is -2.18. The molecule has 0 amide bonds. The van der Waals surface area contributed by atoms with Gasteiger partial charge in [0, 0.05) is 12.2 Å². The number of ether oxygens (including phenoxy) is 1. The van der Waals surface area contributed by atoms with Gasteiger partial charge in [-0.2, -0.15) is 0 Å². The Balaban J connectivity index is 2.31. The van der Waals surface area contributed by atoms with Crippen LogP contribution < -0.4 is 0 Å². The minimum Gasteiger partial charge on any atom is -0.377 e. The van der Waals surface area contributed by atoms with Gasteiger partial charge in [-0.15, -0.1) is 0 Å². The van der Waals surface area contributed by atoms with Crippen LogP contribution in [0.4, 0.5) is 0 Å². The Morgan fingerprint density at radius 3 is 2.68 bits per heavy atom. The van der Waals surface area contributed by atoms with Crippen molar-refractivity contribution in [1.29, 1.82) is 0 Å². The molecular weight excluding hydrogens is 236 g/mol. The van der Waals surface area contributed by atoms with Crippen molar-refractivity contribution < 1.29 is 9.53 Å². The Morgan fingerprint density at radius 2 is 2.05 bits per heavy atom. The van der Waals surface area contributed by atoms with Crippen molar-refractivity contribution in [3.63, 3.8) is 0 Å². The lowest BCUT2D eigenvalue weighted by molar-refractivity contribution is 0.0688. The summed E-state index contributed by atoms with van der Waals surface area (Å²) in [6.07, 6.45) is 3.79. The maximum absolute atomic E-state index is 12.8. The summed E-state index contributed by atoms with van der Waals surface area (Å²) in [5.74, 6) is 0.346. The zero-order valence-corrected chi connectivity index (χ0v) is 12.2. The van der Waals surface area contributed by atoms with E-state index in [4.69, 9.17) is 4.74 Å². The van der Waals surface area contributed by atoms with Crippen molar-refractivity contribution in [3.8, 4) is 0 Å². The highest BCUT2D eigenvalue weighted by Gasteiger charge is 2.33. The molecule has 1 fully saturated rings. The van der Waals surface area contributed by atoms with Gasteiger partial charge >= 0.3 is 0 Å². The third kappa shape index (κ3) is 2.89. The first-order chi connectivity index (χ1) is 9.21. The van der Waals surface area contributed by atoms with Gasteiger partial charge in [0.25, 0.3) is 0 Å². The van der Waals surface area contributed by atoms with Gasteiger partial charge in [0.15, 0.2) is 5.78 Å². The topological polar surface area (TPSA) is 26.3 Å². The van der Waals surface area contributed by atoms with E-state index in [0.29, 0.717) is 0 Å². The fourth-order valence-electron chi connectivity index (χ4n) is 2.93. The van der Waals surface area contributed by atoms with Crippen LogP contribution in [0.5, 0.6) is 0 Å². The molecule has 1 aromatic rings. The van der Waals surface area contributed by atoms with Gasteiger partial charge in [0.2, 0.25) is 0 Å². The molecule has 2 nitrogen and oxygen atoms in total. The Morgan fingerprint density at radius 1 is 1.26 bits per heavy atom. The van der Waals surface area contributed by atoms with Crippen LogP contribution in [0.15, 0.2) is 18.2 Å². The summed E-state index contributed by atoms with van der Waals surface area (Å²) in [4.78, 5) is 12.8. The van der Waals surface area contributed by atoms with Crippen LogP contribution in [0.3, 0.4) is 0 Å². The zero-order chi connectivity index (χ0) is 13.8. The van der Waals surface area contributed by atoms with E-state index in [-0.39, 0.29) is 17.8 Å². The summed E-state index contributed by atoms with van der Waals surface area (Å²) >= 11 is 0. The quantitative estimate of drug-likeness (QED) is 0.752. The SMILES string of the molecule is CCc1ccc(CC)c(C(=O)C2CCOC2CC)c1. The number of Topliss-reactive ketones (excluding diaryl/α,β-unsaturated/α-hetero) is 1. The van der Waals surface area contributed by atoms with Crippen molar-refractivity contribution in [2.45, 2.75) is 52.6 Å².